The second kappa shape index (κ2) is 5.18. The standard InChI is InChI=1S/C11H13N3O2S/c1-8-3-4-14-10(13-8)9(7-12-14)11(15)16-5-6-17-2/h3-4,7H,5-6H2,1-2H3. The van der Waals surface area contributed by atoms with Crippen molar-refractivity contribution in [2.45, 2.75) is 6.92 Å². The van der Waals surface area contributed by atoms with Crippen LogP contribution in [0, 0.1) is 6.92 Å². The van der Waals surface area contributed by atoms with Gasteiger partial charge in [0.05, 0.1) is 6.20 Å². The van der Waals surface area contributed by atoms with Crippen molar-refractivity contribution in [3.05, 3.63) is 29.7 Å². The quantitative estimate of drug-likeness (QED) is 0.609. The Morgan fingerprint density at radius 1 is 1.59 bits per heavy atom. The van der Waals surface area contributed by atoms with Gasteiger partial charge in [-0.05, 0) is 19.2 Å². The maximum absolute atomic E-state index is 11.8. The number of ether oxygens (including phenoxy) is 1. The molecule has 0 saturated carbocycles. The molecule has 0 fully saturated rings. The van der Waals surface area contributed by atoms with Gasteiger partial charge in [-0.1, -0.05) is 0 Å². The number of carbonyl (C=O) groups excluding carboxylic acids is 1. The minimum atomic E-state index is -0.368. The summed E-state index contributed by atoms with van der Waals surface area (Å²) in [5, 5.41) is 4.06. The van der Waals surface area contributed by atoms with Crippen LogP contribution in [0.25, 0.3) is 5.65 Å². The van der Waals surface area contributed by atoms with Gasteiger partial charge in [0.15, 0.2) is 5.65 Å². The van der Waals surface area contributed by atoms with Crippen molar-refractivity contribution in [3.63, 3.8) is 0 Å². The van der Waals surface area contributed by atoms with Gasteiger partial charge in [-0.25, -0.2) is 14.3 Å². The number of hydrogen-bond acceptors (Lipinski definition) is 5. The van der Waals surface area contributed by atoms with E-state index in [-0.39, 0.29) is 5.97 Å². The van der Waals surface area contributed by atoms with Gasteiger partial charge >= 0.3 is 5.97 Å². The first-order chi connectivity index (χ1) is 8.22. The number of aryl methyl sites for hydroxylation is 1. The largest absolute Gasteiger partial charge is 0.461 e. The minimum absolute atomic E-state index is 0.368. The number of aromatic nitrogens is 3. The van der Waals surface area contributed by atoms with Crippen LogP contribution in [0.15, 0.2) is 18.5 Å². The van der Waals surface area contributed by atoms with E-state index in [1.165, 1.54) is 6.20 Å². The van der Waals surface area contributed by atoms with Gasteiger partial charge in [0.2, 0.25) is 0 Å². The number of rotatable bonds is 4. The van der Waals surface area contributed by atoms with Crippen molar-refractivity contribution >= 4 is 23.4 Å². The normalized spacial score (nSPS) is 10.7. The molecule has 0 radical (unpaired) electrons. The molecule has 2 heterocycles. The van der Waals surface area contributed by atoms with Crippen LogP contribution in [0.4, 0.5) is 0 Å². The number of hydrogen-bond donors (Lipinski definition) is 0. The summed E-state index contributed by atoms with van der Waals surface area (Å²) in [4.78, 5) is 16.1. The van der Waals surface area contributed by atoms with Crippen LogP contribution in [0.1, 0.15) is 16.1 Å². The summed E-state index contributed by atoms with van der Waals surface area (Å²) in [7, 11) is 0. The molecule has 0 atom stereocenters. The Morgan fingerprint density at radius 3 is 3.18 bits per heavy atom. The number of esters is 1. The molecule has 6 heteroatoms. The van der Waals surface area contributed by atoms with Crippen LogP contribution in [0.5, 0.6) is 0 Å². The van der Waals surface area contributed by atoms with E-state index in [9.17, 15) is 4.79 Å². The second-order valence-electron chi connectivity index (χ2n) is 3.52. The third kappa shape index (κ3) is 2.58. The fraction of sp³-hybridized carbons (Fsp3) is 0.364. The molecule has 0 unspecified atom stereocenters. The molecule has 90 valence electrons. The average molecular weight is 251 g/mol. The van der Waals surface area contributed by atoms with E-state index in [1.54, 1.807) is 22.5 Å². The van der Waals surface area contributed by atoms with Gasteiger partial charge in [-0.2, -0.15) is 16.9 Å². The zero-order valence-electron chi connectivity index (χ0n) is 9.71. The lowest BCUT2D eigenvalue weighted by Crippen LogP contribution is -2.08. The van der Waals surface area contributed by atoms with E-state index >= 15 is 0 Å². The van der Waals surface area contributed by atoms with Gasteiger partial charge in [-0.3, -0.25) is 0 Å². The van der Waals surface area contributed by atoms with Crippen LogP contribution in [0.3, 0.4) is 0 Å². The van der Waals surface area contributed by atoms with Crippen molar-refractivity contribution in [1.29, 1.82) is 0 Å². The average Bonchev–Trinajstić information content (AvgIpc) is 2.72. The lowest BCUT2D eigenvalue weighted by Gasteiger charge is -2.02. The van der Waals surface area contributed by atoms with Gasteiger partial charge in [-0.15, -0.1) is 0 Å². The summed E-state index contributed by atoms with van der Waals surface area (Å²) in [6.07, 6.45) is 5.23. The summed E-state index contributed by atoms with van der Waals surface area (Å²) in [6.45, 7) is 2.28. The Morgan fingerprint density at radius 2 is 2.41 bits per heavy atom. The fourth-order valence-corrected chi connectivity index (χ4v) is 1.65. The smallest absolute Gasteiger partial charge is 0.343 e. The minimum Gasteiger partial charge on any atom is -0.461 e. The highest BCUT2D eigenvalue weighted by molar-refractivity contribution is 7.98. The van der Waals surface area contributed by atoms with Crippen LogP contribution in [0.2, 0.25) is 0 Å². The van der Waals surface area contributed by atoms with Crippen molar-refractivity contribution < 1.29 is 9.53 Å². The van der Waals surface area contributed by atoms with Crippen LogP contribution < -0.4 is 0 Å². The van der Waals surface area contributed by atoms with E-state index < -0.39 is 0 Å². The molecule has 0 aliphatic carbocycles. The van der Waals surface area contributed by atoms with E-state index in [0.29, 0.717) is 17.8 Å². The van der Waals surface area contributed by atoms with E-state index in [4.69, 9.17) is 4.74 Å². The molecule has 2 aromatic rings. The zero-order valence-corrected chi connectivity index (χ0v) is 10.5. The Balaban J connectivity index is 2.23. The molecule has 0 bridgehead atoms. The Labute approximate surface area is 103 Å². The molecule has 0 N–H and O–H groups in total. The van der Waals surface area contributed by atoms with E-state index in [1.807, 2.05) is 19.2 Å². The molecule has 2 aromatic heterocycles. The van der Waals surface area contributed by atoms with Gasteiger partial charge in [0.1, 0.15) is 12.2 Å². The first kappa shape index (κ1) is 11.9. The Bertz CT molecular complexity index is 538. The highest BCUT2D eigenvalue weighted by Gasteiger charge is 2.15. The molecule has 0 aliphatic heterocycles. The van der Waals surface area contributed by atoms with Gasteiger partial charge in [0.25, 0.3) is 0 Å². The second-order valence-corrected chi connectivity index (χ2v) is 4.51. The summed E-state index contributed by atoms with van der Waals surface area (Å²) in [5.74, 6) is 0.421. The molecule has 0 aromatic carbocycles. The first-order valence-corrected chi connectivity index (χ1v) is 6.59. The van der Waals surface area contributed by atoms with Crippen molar-refractivity contribution in [1.82, 2.24) is 14.6 Å². The predicted octanol–water partition coefficient (Wildman–Crippen LogP) is 1.56. The summed E-state index contributed by atoms with van der Waals surface area (Å²) in [6, 6.07) is 1.84. The molecule has 17 heavy (non-hydrogen) atoms. The zero-order chi connectivity index (χ0) is 12.3. The van der Waals surface area contributed by atoms with Gasteiger partial charge in [0, 0.05) is 17.6 Å². The van der Waals surface area contributed by atoms with Crippen molar-refractivity contribution in [3.8, 4) is 0 Å². The van der Waals surface area contributed by atoms with Crippen LogP contribution in [-0.2, 0) is 4.74 Å². The summed E-state index contributed by atoms with van der Waals surface area (Å²) in [5.41, 5.74) is 1.80. The van der Waals surface area contributed by atoms with Crippen LogP contribution >= 0.6 is 11.8 Å². The number of fused-ring (bicyclic) bond motifs is 1. The highest BCUT2D eigenvalue weighted by Crippen LogP contribution is 2.10. The first-order valence-electron chi connectivity index (χ1n) is 5.19. The molecular weight excluding hydrogens is 238 g/mol. The summed E-state index contributed by atoms with van der Waals surface area (Å²) >= 11 is 1.63. The fourth-order valence-electron chi connectivity index (χ4n) is 1.40. The molecule has 0 aliphatic rings. The third-order valence-corrected chi connectivity index (χ3v) is 2.82. The summed E-state index contributed by atoms with van der Waals surface area (Å²) < 4.78 is 6.69. The Kier molecular flexibility index (Phi) is 3.63. The molecule has 5 nitrogen and oxygen atoms in total. The van der Waals surface area contributed by atoms with E-state index in [0.717, 1.165) is 11.4 Å². The van der Waals surface area contributed by atoms with E-state index in [2.05, 4.69) is 10.1 Å². The van der Waals surface area contributed by atoms with Gasteiger partial charge < -0.3 is 4.74 Å². The molecule has 0 amide bonds. The SMILES string of the molecule is CSCCOC(=O)c1cnn2ccc(C)nc12. The number of nitrogens with zero attached hydrogens (tertiary/aromatic N) is 3. The number of thioether (sulfide) groups is 1. The lowest BCUT2D eigenvalue weighted by molar-refractivity contribution is 0.0532. The monoisotopic (exact) mass is 251 g/mol. The maximum atomic E-state index is 11.8. The Hall–Kier alpha value is -1.56. The molecular formula is C11H13N3O2S. The molecule has 0 spiro atoms. The third-order valence-electron chi connectivity index (χ3n) is 2.25. The van der Waals surface area contributed by atoms with Crippen molar-refractivity contribution in [2.75, 3.05) is 18.6 Å². The molecule has 0 saturated heterocycles. The van der Waals surface area contributed by atoms with Crippen LogP contribution in [-0.4, -0.2) is 39.2 Å². The predicted molar refractivity (Wildman–Crippen MR) is 66.4 cm³/mol. The lowest BCUT2D eigenvalue weighted by atomic mass is 10.3. The topological polar surface area (TPSA) is 56.5 Å². The number of carbonyl (C=O) groups is 1. The van der Waals surface area contributed by atoms with Crippen molar-refractivity contribution in [2.24, 2.45) is 0 Å². The maximum Gasteiger partial charge on any atom is 0.343 e. The molecule has 2 rings (SSSR count). The highest BCUT2D eigenvalue weighted by atomic mass is 32.2.